The van der Waals surface area contributed by atoms with E-state index >= 15 is 0 Å². The van der Waals surface area contributed by atoms with Crippen LogP contribution in [0.15, 0.2) is 24.3 Å². The molecule has 0 aliphatic carbocycles. The molecule has 2 aliphatic rings. The van der Waals surface area contributed by atoms with Crippen LogP contribution >= 0.6 is 0 Å². The first kappa shape index (κ1) is 19.8. The first-order chi connectivity index (χ1) is 12.6. The highest BCUT2D eigenvalue weighted by Gasteiger charge is 2.44. The average molecular weight is 394 g/mol. The fourth-order valence-electron chi connectivity index (χ4n) is 3.43. The Kier molecular flexibility index (Phi) is 5.29. The minimum absolute atomic E-state index is 0.0262. The number of amides is 3. The summed E-state index contributed by atoms with van der Waals surface area (Å²) in [5, 5.41) is 2.65. The summed E-state index contributed by atoms with van der Waals surface area (Å²) in [5.74, 6) is -0.260. The highest BCUT2D eigenvalue weighted by atomic mass is 32.2. The summed E-state index contributed by atoms with van der Waals surface area (Å²) in [6, 6.07) is 6.82. The minimum Gasteiger partial charge on any atom is -0.324 e. The van der Waals surface area contributed by atoms with Crippen LogP contribution in [-0.2, 0) is 28.1 Å². The van der Waals surface area contributed by atoms with E-state index in [0.29, 0.717) is 6.54 Å². The van der Waals surface area contributed by atoms with Gasteiger partial charge in [0.1, 0.15) is 5.54 Å². The first-order valence-electron chi connectivity index (χ1n) is 9.08. The number of carbonyl (C=O) groups is 2. The molecule has 2 aliphatic heterocycles. The predicted molar refractivity (Wildman–Crippen MR) is 101 cm³/mol. The Hall–Kier alpha value is -1.97. The normalized spacial score (nSPS) is 23.1. The summed E-state index contributed by atoms with van der Waals surface area (Å²) in [7, 11) is -3.49. The number of benzene rings is 1. The highest BCUT2D eigenvalue weighted by molar-refractivity contribution is 7.87. The van der Waals surface area contributed by atoms with Gasteiger partial charge >= 0.3 is 6.03 Å². The second-order valence-corrected chi connectivity index (χ2v) is 9.40. The Morgan fingerprint density at radius 3 is 2.33 bits per heavy atom. The maximum atomic E-state index is 12.4. The van der Waals surface area contributed by atoms with Gasteiger partial charge in [0, 0.05) is 19.1 Å². The van der Waals surface area contributed by atoms with E-state index in [1.54, 1.807) is 38.1 Å². The minimum atomic E-state index is -3.49. The van der Waals surface area contributed by atoms with Gasteiger partial charge in [-0.2, -0.15) is 17.4 Å². The second kappa shape index (κ2) is 7.21. The molecular weight excluding hydrogens is 368 g/mol. The fraction of sp³-hybridized carbons (Fsp3) is 0.556. The molecule has 2 heterocycles. The molecule has 8 nitrogen and oxygen atoms in total. The van der Waals surface area contributed by atoms with Crippen LogP contribution < -0.4 is 10.0 Å². The third kappa shape index (κ3) is 4.15. The van der Waals surface area contributed by atoms with Gasteiger partial charge in [-0.3, -0.25) is 9.69 Å². The van der Waals surface area contributed by atoms with Crippen molar-refractivity contribution in [2.75, 3.05) is 6.54 Å². The van der Waals surface area contributed by atoms with Crippen LogP contribution in [-0.4, -0.2) is 47.7 Å². The van der Waals surface area contributed by atoms with Crippen LogP contribution in [0.4, 0.5) is 4.79 Å². The summed E-state index contributed by atoms with van der Waals surface area (Å²) in [4.78, 5) is 25.4. The average Bonchev–Trinajstić information content (AvgIpc) is 3.11. The summed E-state index contributed by atoms with van der Waals surface area (Å²) in [6.07, 6.45) is 1.77. The van der Waals surface area contributed by atoms with E-state index in [4.69, 9.17) is 0 Å². The summed E-state index contributed by atoms with van der Waals surface area (Å²) < 4.78 is 28.9. The van der Waals surface area contributed by atoms with Gasteiger partial charge in [-0.05, 0) is 44.7 Å². The van der Waals surface area contributed by atoms with Gasteiger partial charge in [-0.1, -0.05) is 24.3 Å². The van der Waals surface area contributed by atoms with E-state index in [1.807, 2.05) is 6.92 Å². The van der Waals surface area contributed by atoms with E-state index in [1.165, 1.54) is 9.21 Å². The van der Waals surface area contributed by atoms with Gasteiger partial charge in [-0.15, -0.1) is 0 Å². The number of carbonyl (C=O) groups excluding carboxylic acids is 2. The maximum absolute atomic E-state index is 12.4. The van der Waals surface area contributed by atoms with Crippen molar-refractivity contribution in [3.05, 3.63) is 35.4 Å². The third-order valence-corrected chi connectivity index (χ3v) is 6.74. The lowest BCUT2D eigenvalue weighted by Gasteiger charge is -2.21. The number of nitrogens with one attached hydrogen (secondary N) is 2. The number of imide groups is 1. The van der Waals surface area contributed by atoms with Gasteiger partial charge in [0.15, 0.2) is 0 Å². The zero-order valence-electron chi connectivity index (χ0n) is 15.9. The standard InChI is InChI=1S/C18H26N4O4S/c1-13-5-4-10-22(13)27(25,26)19-11-14-6-8-15(9-7-14)12-21-16(23)18(2,3)20-17(21)24/h6-9,13,19H,4-5,10-12H2,1-3H3,(H,20,24). The lowest BCUT2D eigenvalue weighted by molar-refractivity contribution is -0.130. The Balaban J connectivity index is 1.59. The van der Waals surface area contributed by atoms with E-state index in [0.717, 1.165) is 24.0 Å². The van der Waals surface area contributed by atoms with Crippen molar-refractivity contribution in [2.24, 2.45) is 0 Å². The van der Waals surface area contributed by atoms with E-state index in [2.05, 4.69) is 10.0 Å². The molecule has 2 fully saturated rings. The lowest BCUT2D eigenvalue weighted by atomic mass is 10.1. The van der Waals surface area contributed by atoms with Crippen molar-refractivity contribution in [2.45, 2.75) is 58.3 Å². The molecule has 3 rings (SSSR count). The Labute approximate surface area is 160 Å². The smallest absolute Gasteiger partial charge is 0.324 e. The van der Waals surface area contributed by atoms with Crippen LogP contribution in [0, 0.1) is 0 Å². The second-order valence-electron chi connectivity index (χ2n) is 7.69. The Bertz CT molecular complexity index is 835. The summed E-state index contributed by atoms with van der Waals surface area (Å²) in [6.45, 7) is 6.19. The molecule has 0 spiro atoms. The van der Waals surface area contributed by atoms with Crippen molar-refractivity contribution >= 4 is 22.1 Å². The first-order valence-corrected chi connectivity index (χ1v) is 10.5. The SMILES string of the molecule is CC1CCCN1S(=O)(=O)NCc1ccc(CN2C(=O)NC(C)(C)C2=O)cc1. The summed E-state index contributed by atoms with van der Waals surface area (Å²) in [5.41, 5.74) is 0.727. The highest BCUT2D eigenvalue weighted by Crippen LogP contribution is 2.21. The van der Waals surface area contributed by atoms with Crippen LogP contribution in [0.25, 0.3) is 0 Å². The summed E-state index contributed by atoms with van der Waals surface area (Å²) >= 11 is 0. The van der Waals surface area contributed by atoms with Gasteiger partial charge in [0.25, 0.3) is 16.1 Å². The molecule has 148 valence electrons. The van der Waals surface area contributed by atoms with Gasteiger partial charge in [0.05, 0.1) is 6.54 Å². The van der Waals surface area contributed by atoms with E-state index in [9.17, 15) is 18.0 Å². The quantitative estimate of drug-likeness (QED) is 0.711. The van der Waals surface area contributed by atoms with E-state index < -0.39 is 21.8 Å². The number of rotatable bonds is 6. The maximum Gasteiger partial charge on any atom is 0.325 e. The van der Waals surface area contributed by atoms with Gasteiger partial charge in [-0.25, -0.2) is 4.79 Å². The molecule has 0 aromatic heterocycles. The molecule has 0 radical (unpaired) electrons. The molecule has 2 N–H and O–H groups in total. The van der Waals surface area contributed by atoms with Crippen molar-refractivity contribution in [3.63, 3.8) is 0 Å². The monoisotopic (exact) mass is 394 g/mol. The molecule has 0 saturated carbocycles. The van der Waals surface area contributed by atoms with Crippen LogP contribution in [0.2, 0.25) is 0 Å². The molecule has 2 saturated heterocycles. The number of nitrogens with zero attached hydrogens (tertiary/aromatic N) is 2. The topological polar surface area (TPSA) is 98.8 Å². The predicted octanol–water partition coefficient (Wildman–Crippen LogP) is 1.34. The van der Waals surface area contributed by atoms with Crippen LogP contribution in [0.1, 0.15) is 44.7 Å². The fourth-order valence-corrected chi connectivity index (χ4v) is 4.89. The molecule has 1 aromatic rings. The molecule has 1 aromatic carbocycles. The van der Waals surface area contributed by atoms with Crippen LogP contribution in [0.3, 0.4) is 0 Å². The number of urea groups is 1. The van der Waals surface area contributed by atoms with Gasteiger partial charge < -0.3 is 5.32 Å². The lowest BCUT2D eigenvalue weighted by Crippen LogP contribution is -2.42. The van der Waals surface area contributed by atoms with Crippen molar-refractivity contribution in [3.8, 4) is 0 Å². The number of hydrogen-bond donors (Lipinski definition) is 2. The number of hydrogen-bond acceptors (Lipinski definition) is 4. The van der Waals surface area contributed by atoms with Crippen LogP contribution in [0.5, 0.6) is 0 Å². The van der Waals surface area contributed by atoms with Crippen molar-refractivity contribution < 1.29 is 18.0 Å². The van der Waals surface area contributed by atoms with E-state index in [-0.39, 0.29) is 25.0 Å². The zero-order valence-corrected chi connectivity index (χ0v) is 16.7. The molecule has 1 atom stereocenters. The van der Waals surface area contributed by atoms with Gasteiger partial charge in [0.2, 0.25) is 0 Å². The van der Waals surface area contributed by atoms with Crippen molar-refractivity contribution in [1.29, 1.82) is 0 Å². The molecule has 3 amide bonds. The Morgan fingerprint density at radius 1 is 1.19 bits per heavy atom. The molecule has 27 heavy (non-hydrogen) atoms. The largest absolute Gasteiger partial charge is 0.325 e. The van der Waals surface area contributed by atoms with Crippen molar-refractivity contribution in [1.82, 2.24) is 19.2 Å². The molecule has 9 heteroatoms. The Morgan fingerprint density at radius 2 is 1.81 bits per heavy atom. The zero-order chi connectivity index (χ0) is 19.8. The molecular formula is C18H26N4O4S. The third-order valence-electron chi connectivity index (χ3n) is 5.07. The molecule has 0 bridgehead atoms. The molecule has 1 unspecified atom stereocenters.